The summed E-state index contributed by atoms with van der Waals surface area (Å²) in [5, 5.41) is 24.2. The van der Waals surface area contributed by atoms with E-state index in [1.165, 1.54) is 11.8 Å². The number of nitrogens with one attached hydrogen (secondary N) is 2. The molecule has 5 atom stereocenters. The van der Waals surface area contributed by atoms with Crippen LogP contribution in [0.2, 0.25) is 0 Å². The van der Waals surface area contributed by atoms with Crippen molar-refractivity contribution in [1.29, 1.82) is 0 Å². The number of nitrogens with zero attached hydrogens (tertiary/aromatic N) is 1. The van der Waals surface area contributed by atoms with Gasteiger partial charge in [0.15, 0.2) is 0 Å². The third kappa shape index (κ3) is 8.36. The van der Waals surface area contributed by atoms with E-state index >= 15 is 0 Å². The van der Waals surface area contributed by atoms with Crippen molar-refractivity contribution in [2.75, 3.05) is 13.1 Å². The molecular weight excluding hydrogens is 418 g/mol. The Bertz CT molecular complexity index is 657. The normalized spacial score (nSPS) is 19.8. The standard InChI is InChI=1S/C21H39N5O6/c1-12(2)11-15(20(30)26-10-6-8-16(26)21(31)32)25-18(28)14(7-4-5-9-22)24-19(29)17(23)13(3)27/h12-17,27H,4-11,22-23H2,1-3H3,(H,24,29)(H,25,28)(H,31,32). The van der Waals surface area contributed by atoms with E-state index in [0.717, 1.165) is 0 Å². The van der Waals surface area contributed by atoms with E-state index in [4.69, 9.17) is 11.5 Å². The highest BCUT2D eigenvalue weighted by Crippen LogP contribution is 2.20. The number of nitrogens with two attached hydrogens (primary N) is 2. The fourth-order valence-corrected chi connectivity index (χ4v) is 3.70. The Morgan fingerprint density at radius 1 is 1.06 bits per heavy atom. The van der Waals surface area contributed by atoms with Gasteiger partial charge in [0.1, 0.15) is 24.2 Å². The van der Waals surface area contributed by atoms with Crippen molar-refractivity contribution in [2.24, 2.45) is 17.4 Å². The van der Waals surface area contributed by atoms with Crippen molar-refractivity contribution in [3.05, 3.63) is 0 Å². The monoisotopic (exact) mass is 457 g/mol. The molecule has 1 aliphatic rings. The Morgan fingerprint density at radius 3 is 2.22 bits per heavy atom. The number of amides is 3. The molecule has 1 aliphatic heterocycles. The number of hydrogen-bond acceptors (Lipinski definition) is 7. The molecule has 0 aromatic heterocycles. The summed E-state index contributed by atoms with van der Waals surface area (Å²) < 4.78 is 0. The summed E-state index contributed by atoms with van der Waals surface area (Å²) in [4.78, 5) is 51.3. The molecule has 1 saturated heterocycles. The number of aliphatic hydroxyl groups is 1. The van der Waals surface area contributed by atoms with Crippen LogP contribution in [0, 0.1) is 5.92 Å². The van der Waals surface area contributed by atoms with Gasteiger partial charge in [0.25, 0.3) is 0 Å². The van der Waals surface area contributed by atoms with Crippen molar-refractivity contribution in [3.63, 3.8) is 0 Å². The van der Waals surface area contributed by atoms with Crippen LogP contribution in [0.5, 0.6) is 0 Å². The number of aliphatic hydroxyl groups excluding tert-OH is 1. The van der Waals surface area contributed by atoms with Gasteiger partial charge >= 0.3 is 5.97 Å². The molecule has 0 bridgehead atoms. The third-order valence-electron chi connectivity index (χ3n) is 5.55. The van der Waals surface area contributed by atoms with Crippen LogP contribution < -0.4 is 22.1 Å². The van der Waals surface area contributed by atoms with Crippen LogP contribution in [0.4, 0.5) is 0 Å². The number of rotatable bonds is 13. The van der Waals surface area contributed by atoms with Crippen LogP contribution >= 0.6 is 0 Å². The predicted molar refractivity (Wildman–Crippen MR) is 118 cm³/mol. The van der Waals surface area contributed by atoms with Crippen LogP contribution in [-0.2, 0) is 19.2 Å². The van der Waals surface area contributed by atoms with Gasteiger partial charge in [0.2, 0.25) is 17.7 Å². The van der Waals surface area contributed by atoms with E-state index in [1.807, 2.05) is 13.8 Å². The van der Waals surface area contributed by atoms with Gasteiger partial charge in [0.05, 0.1) is 6.10 Å². The van der Waals surface area contributed by atoms with Crippen molar-refractivity contribution >= 4 is 23.7 Å². The van der Waals surface area contributed by atoms with E-state index < -0.39 is 54.0 Å². The Balaban J connectivity index is 2.99. The summed E-state index contributed by atoms with van der Waals surface area (Å²) in [6.45, 7) is 5.91. The quantitative estimate of drug-likeness (QED) is 0.188. The topological polar surface area (TPSA) is 188 Å². The SMILES string of the molecule is CC(C)CC(NC(=O)C(CCCCN)NC(=O)C(N)C(C)O)C(=O)N1CCCC1C(=O)O. The summed E-state index contributed by atoms with van der Waals surface area (Å²) in [6.07, 6.45) is 1.67. The third-order valence-corrected chi connectivity index (χ3v) is 5.55. The van der Waals surface area contributed by atoms with Gasteiger partial charge in [-0.1, -0.05) is 13.8 Å². The minimum atomic E-state index is -1.20. The number of aliphatic carboxylic acids is 1. The molecule has 11 nitrogen and oxygen atoms in total. The van der Waals surface area contributed by atoms with E-state index in [9.17, 15) is 29.4 Å². The second kappa shape index (κ2) is 13.3. The molecule has 0 spiro atoms. The number of carboxylic acids is 1. The zero-order valence-corrected chi connectivity index (χ0v) is 19.3. The van der Waals surface area contributed by atoms with Crippen molar-refractivity contribution in [3.8, 4) is 0 Å². The summed E-state index contributed by atoms with van der Waals surface area (Å²) in [5.74, 6) is -2.68. The molecule has 184 valence electrons. The van der Waals surface area contributed by atoms with Crippen LogP contribution in [0.15, 0.2) is 0 Å². The fourth-order valence-electron chi connectivity index (χ4n) is 3.70. The molecule has 0 aliphatic carbocycles. The predicted octanol–water partition coefficient (Wildman–Crippen LogP) is -1.09. The van der Waals surface area contributed by atoms with E-state index in [2.05, 4.69) is 10.6 Å². The lowest BCUT2D eigenvalue weighted by molar-refractivity contribution is -0.149. The van der Waals surface area contributed by atoms with Crippen molar-refractivity contribution < 1.29 is 29.4 Å². The number of hydrogen-bond donors (Lipinski definition) is 6. The highest BCUT2D eigenvalue weighted by atomic mass is 16.4. The Morgan fingerprint density at radius 2 is 1.69 bits per heavy atom. The van der Waals surface area contributed by atoms with Crippen LogP contribution in [0.25, 0.3) is 0 Å². The average Bonchev–Trinajstić information content (AvgIpc) is 3.21. The minimum Gasteiger partial charge on any atom is -0.480 e. The molecule has 0 aromatic carbocycles. The molecule has 0 radical (unpaired) electrons. The molecule has 1 fully saturated rings. The van der Waals surface area contributed by atoms with Crippen LogP contribution in [0.1, 0.15) is 59.3 Å². The second-order valence-corrected chi connectivity index (χ2v) is 8.83. The van der Waals surface area contributed by atoms with Crippen LogP contribution in [-0.4, -0.2) is 82.2 Å². The molecule has 11 heteroatoms. The first-order valence-electron chi connectivity index (χ1n) is 11.3. The molecule has 32 heavy (non-hydrogen) atoms. The lowest BCUT2D eigenvalue weighted by atomic mass is 10.0. The summed E-state index contributed by atoms with van der Waals surface area (Å²) in [5.41, 5.74) is 11.2. The highest BCUT2D eigenvalue weighted by Gasteiger charge is 2.38. The van der Waals surface area contributed by atoms with E-state index in [1.54, 1.807) is 0 Å². The first-order chi connectivity index (χ1) is 15.0. The molecule has 1 rings (SSSR count). The highest BCUT2D eigenvalue weighted by molar-refractivity contribution is 5.94. The molecule has 0 aromatic rings. The number of likely N-dealkylation sites (tertiary alicyclic amines) is 1. The second-order valence-electron chi connectivity index (χ2n) is 8.83. The molecule has 0 saturated carbocycles. The van der Waals surface area contributed by atoms with Gasteiger partial charge in [-0.25, -0.2) is 4.79 Å². The number of carbonyl (C=O) groups is 4. The maximum Gasteiger partial charge on any atom is 0.326 e. The summed E-state index contributed by atoms with van der Waals surface area (Å²) >= 11 is 0. The Hall–Kier alpha value is -2.24. The lowest BCUT2D eigenvalue weighted by Gasteiger charge is -2.30. The largest absolute Gasteiger partial charge is 0.480 e. The van der Waals surface area contributed by atoms with Gasteiger partial charge in [-0.3, -0.25) is 14.4 Å². The van der Waals surface area contributed by atoms with Gasteiger partial charge in [0, 0.05) is 6.54 Å². The molecule has 1 heterocycles. The first-order valence-corrected chi connectivity index (χ1v) is 11.3. The van der Waals surface area contributed by atoms with Gasteiger partial charge in [-0.15, -0.1) is 0 Å². The minimum absolute atomic E-state index is 0.0593. The lowest BCUT2D eigenvalue weighted by Crippen LogP contribution is -2.58. The Kier molecular flexibility index (Phi) is 11.6. The van der Waals surface area contributed by atoms with E-state index in [-0.39, 0.29) is 12.3 Å². The maximum absolute atomic E-state index is 13.1. The Labute approximate surface area is 189 Å². The first kappa shape index (κ1) is 27.8. The van der Waals surface area contributed by atoms with E-state index in [0.29, 0.717) is 45.2 Å². The van der Waals surface area contributed by atoms with Gasteiger partial charge in [-0.05, 0) is 57.9 Å². The zero-order chi connectivity index (χ0) is 24.4. The average molecular weight is 458 g/mol. The smallest absolute Gasteiger partial charge is 0.326 e. The number of carbonyl (C=O) groups excluding carboxylic acids is 3. The summed E-state index contributed by atoms with van der Waals surface area (Å²) in [6, 6.07) is -3.98. The maximum atomic E-state index is 13.1. The van der Waals surface area contributed by atoms with Crippen molar-refractivity contribution in [1.82, 2.24) is 15.5 Å². The fraction of sp³-hybridized carbons (Fsp3) is 0.810. The van der Waals surface area contributed by atoms with Crippen LogP contribution in [0.3, 0.4) is 0 Å². The van der Waals surface area contributed by atoms with Gasteiger partial charge < -0.3 is 37.2 Å². The number of unbranched alkanes of at least 4 members (excludes halogenated alkanes) is 1. The molecule has 3 amide bonds. The zero-order valence-electron chi connectivity index (χ0n) is 19.3. The molecular formula is C21H39N5O6. The summed E-state index contributed by atoms with van der Waals surface area (Å²) in [7, 11) is 0. The van der Waals surface area contributed by atoms with Crippen molar-refractivity contribution in [2.45, 2.75) is 89.6 Å². The number of carboxylic acid groups (broad SMARTS) is 1. The molecule has 5 unspecified atom stereocenters. The molecule has 8 N–H and O–H groups in total. The van der Waals surface area contributed by atoms with Gasteiger partial charge in [-0.2, -0.15) is 0 Å².